The molecule has 0 radical (unpaired) electrons. The van der Waals surface area contributed by atoms with Gasteiger partial charge in [-0.25, -0.2) is 4.39 Å². The Labute approximate surface area is 137 Å². The molecule has 0 spiro atoms. The Morgan fingerprint density at radius 1 is 1.39 bits per heavy atom. The first kappa shape index (κ1) is 17.9. The summed E-state index contributed by atoms with van der Waals surface area (Å²) in [7, 11) is 1.92. The molecule has 0 aliphatic heterocycles. The van der Waals surface area contributed by atoms with E-state index < -0.39 is 0 Å². The zero-order valence-electron chi connectivity index (χ0n) is 14.0. The van der Waals surface area contributed by atoms with Gasteiger partial charge in [0, 0.05) is 12.6 Å². The van der Waals surface area contributed by atoms with Crippen molar-refractivity contribution in [2.75, 3.05) is 26.7 Å². The molecule has 4 nitrogen and oxygen atoms in total. The van der Waals surface area contributed by atoms with Crippen LogP contribution in [0.4, 0.5) is 4.39 Å². The molecule has 1 aliphatic rings. The van der Waals surface area contributed by atoms with Gasteiger partial charge in [-0.1, -0.05) is 6.07 Å². The predicted octanol–water partition coefficient (Wildman–Crippen LogP) is 2.31. The molecule has 23 heavy (non-hydrogen) atoms. The lowest BCUT2D eigenvalue weighted by Crippen LogP contribution is -2.39. The number of hydrogen-bond donors (Lipinski definition) is 2. The molecule has 2 N–H and O–H groups in total. The molecular formula is C18H27FN2O2. The van der Waals surface area contributed by atoms with Gasteiger partial charge in [0.2, 0.25) is 0 Å². The van der Waals surface area contributed by atoms with E-state index in [9.17, 15) is 9.18 Å². The highest BCUT2D eigenvalue weighted by atomic mass is 19.1. The molecule has 1 aromatic rings. The van der Waals surface area contributed by atoms with Crippen LogP contribution >= 0.6 is 0 Å². The molecule has 0 amide bonds. The third kappa shape index (κ3) is 5.92. The highest BCUT2D eigenvalue weighted by molar-refractivity contribution is 5.82. The summed E-state index contributed by atoms with van der Waals surface area (Å²) in [6.07, 6.45) is 4.07. The molecule has 1 aliphatic carbocycles. The minimum atomic E-state index is -0.287. The lowest BCUT2D eigenvalue weighted by Gasteiger charge is -2.16. The Hall–Kier alpha value is -1.46. The fourth-order valence-electron chi connectivity index (χ4n) is 2.77. The van der Waals surface area contributed by atoms with Crippen molar-refractivity contribution in [2.45, 2.75) is 38.6 Å². The summed E-state index contributed by atoms with van der Waals surface area (Å²) in [5.74, 6) is 0.989. The third-order valence-corrected chi connectivity index (χ3v) is 4.16. The summed E-state index contributed by atoms with van der Waals surface area (Å²) in [5, 5.41) is 6.36. The minimum Gasteiger partial charge on any atom is -0.492 e. The minimum absolute atomic E-state index is 0.0544. The number of benzene rings is 1. The van der Waals surface area contributed by atoms with Crippen molar-refractivity contribution in [3.8, 4) is 5.75 Å². The summed E-state index contributed by atoms with van der Waals surface area (Å²) in [4.78, 5) is 11.6. The second-order valence-electron chi connectivity index (χ2n) is 6.19. The number of carbonyl (C=O) groups excluding carboxylic acids is 1. The molecule has 1 aromatic carbocycles. The average Bonchev–Trinajstić information content (AvgIpc) is 3.33. The number of rotatable bonds is 11. The third-order valence-electron chi connectivity index (χ3n) is 4.16. The molecule has 1 saturated carbocycles. The molecule has 2 rings (SSSR count). The van der Waals surface area contributed by atoms with E-state index in [-0.39, 0.29) is 17.6 Å². The summed E-state index contributed by atoms with van der Waals surface area (Å²) in [5.41, 5.74) is 1.02. The maximum absolute atomic E-state index is 13.4. The van der Waals surface area contributed by atoms with E-state index in [0.717, 1.165) is 37.8 Å². The fourth-order valence-corrected chi connectivity index (χ4v) is 2.77. The first-order valence-corrected chi connectivity index (χ1v) is 8.41. The zero-order chi connectivity index (χ0) is 16.7. The largest absolute Gasteiger partial charge is 0.492 e. The summed E-state index contributed by atoms with van der Waals surface area (Å²) in [6.45, 7) is 3.57. The van der Waals surface area contributed by atoms with E-state index in [1.54, 1.807) is 13.0 Å². The Kier molecular flexibility index (Phi) is 6.99. The standard InChI is InChI=1S/C18H27FN2O2/c1-13(22)18(15-5-6-15)21-10-11-23-17-12-16(19)8-7-14(17)4-3-9-20-2/h7-8,12,15,18,20-21H,3-6,9-11H2,1-2H3/t18-/m1/s1. The van der Waals surface area contributed by atoms with E-state index in [2.05, 4.69) is 10.6 Å². The molecule has 0 aromatic heterocycles. The molecule has 1 atom stereocenters. The van der Waals surface area contributed by atoms with Crippen LogP contribution in [-0.4, -0.2) is 38.6 Å². The maximum atomic E-state index is 13.4. The van der Waals surface area contributed by atoms with E-state index in [4.69, 9.17) is 4.74 Å². The van der Waals surface area contributed by atoms with Gasteiger partial charge < -0.3 is 15.4 Å². The van der Waals surface area contributed by atoms with Crippen LogP contribution in [0.5, 0.6) is 5.75 Å². The number of nitrogens with one attached hydrogen (secondary N) is 2. The maximum Gasteiger partial charge on any atom is 0.146 e. The zero-order valence-corrected chi connectivity index (χ0v) is 14.0. The van der Waals surface area contributed by atoms with Crippen LogP contribution in [0.1, 0.15) is 31.7 Å². The van der Waals surface area contributed by atoms with Crippen LogP contribution in [-0.2, 0) is 11.2 Å². The smallest absolute Gasteiger partial charge is 0.146 e. The van der Waals surface area contributed by atoms with Crippen molar-refractivity contribution in [3.05, 3.63) is 29.6 Å². The molecule has 0 bridgehead atoms. The average molecular weight is 322 g/mol. The van der Waals surface area contributed by atoms with E-state index in [1.807, 2.05) is 7.05 Å². The topological polar surface area (TPSA) is 50.4 Å². The summed E-state index contributed by atoms with van der Waals surface area (Å²) < 4.78 is 19.2. The Morgan fingerprint density at radius 2 is 2.17 bits per heavy atom. The first-order chi connectivity index (χ1) is 11.1. The van der Waals surface area contributed by atoms with Crippen LogP contribution < -0.4 is 15.4 Å². The molecule has 5 heteroatoms. The van der Waals surface area contributed by atoms with Crippen molar-refractivity contribution in [1.82, 2.24) is 10.6 Å². The van der Waals surface area contributed by atoms with Gasteiger partial charge in [0.1, 0.15) is 24.0 Å². The Bertz CT molecular complexity index is 518. The molecule has 0 saturated heterocycles. The van der Waals surface area contributed by atoms with E-state index in [1.165, 1.54) is 12.1 Å². The Morgan fingerprint density at radius 3 is 2.83 bits per heavy atom. The number of hydrogen-bond acceptors (Lipinski definition) is 4. The normalized spacial score (nSPS) is 15.4. The van der Waals surface area contributed by atoms with E-state index >= 15 is 0 Å². The van der Waals surface area contributed by atoms with Crippen LogP contribution in [0.3, 0.4) is 0 Å². The van der Waals surface area contributed by atoms with Crippen molar-refractivity contribution in [3.63, 3.8) is 0 Å². The van der Waals surface area contributed by atoms with Crippen LogP contribution in [0, 0.1) is 11.7 Å². The number of Topliss-reactive ketones (excluding diaryl/α,β-unsaturated/α-hetero) is 1. The first-order valence-electron chi connectivity index (χ1n) is 8.41. The molecular weight excluding hydrogens is 295 g/mol. The van der Waals surface area contributed by atoms with Crippen LogP contribution in [0.25, 0.3) is 0 Å². The Balaban J connectivity index is 1.81. The lowest BCUT2D eigenvalue weighted by molar-refractivity contribution is -0.119. The number of ether oxygens (including phenoxy) is 1. The van der Waals surface area contributed by atoms with Crippen molar-refractivity contribution in [2.24, 2.45) is 5.92 Å². The highest BCUT2D eigenvalue weighted by Gasteiger charge is 2.33. The van der Waals surface area contributed by atoms with Crippen molar-refractivity contribution >= 4 is 5.78 Å². The predicted molar refractivity (Wildman–Crippen MR) is 89.3 cm³/mol. The second-order valence-corrected chi connectivity index (χ2v) is 6.19. The van der Waals surface area contributed by atoms with Crippen LogP contribution in [0.2, 0.25) is 0 Å². The lowest BCUT2D eigenvalue weighted by atomic mass is 10.1. The molecule has 0 unspecified atom stereocenters. The van der Waals surface area contributed by atoms with Gasteiger partial charge >= 0.3 is 0 Å². The van der Waals surface area contributed by atoms with Gasteiger partial charge in [0.05, 0.1) is 6.04 Å². The van der Waals surface area contributed by atoms with Gasteiger partial charge in [-0.05, 0) is 63.7 Å². The van der Waals surface area contributed by atoms with Crippen molar-refractivity contribution < 1.29 is 13.9 Å². The number of halogens is 1. The number of aryl methyl sites for hydroxylation is 1. The van der Waals surface area contributed by atoms with Gasteiger partial charge in [-0.2, -0.15) is 0 Å². The second kappa shape index (κ2) is 8.99. The van der Waals surface area contributed by atoms with Gasteiger partial charge in [0.15, 0.2) is 0 Å². The van der Waals surface area contributed by atoms with Crippen molar-refractivity contribution in [1.29, 1.82) is 0 Å². The SMILES string of the molecule is CNCCCc1ccc(F)cc1OCCN[C@H](C(C)=O)C1CC1. The van der Waals surface area contributed by atoms with E-state index in [0.29, 0.717) is 24.8 Å². The highest BCUT2D eigenvalue weighted by Crippen LogP contribution is 2.32. The molecule has 1 fully saturated rings. The summed E-state index contributed by atoms with van der Waals surface area (Å²) >= 11 is 0. The van der Waals surface area contributed by atoms with Gasteiger partial charge in [-0.3, -0.25) is 4.79 Å². The summed E-state index contributed by atoms with van der Waals surface area (Å²) in [6, 6.07) is 4.65. The van der Waals surface area contributed by atoms with Gasteiger partial charge in [-0.15, -0.1) is 0 Å². The number of carbonyl (C=O) groups is 1. The monoisotopic (exact) mass is 322 g/mol. The fraction of sp³-hybridized carbons (Fsp3) is 0.611. The molecule has 128 valence electrons. The number of ketones is 1. The van der Waals surface area contributed by atoms with Crippen LogP contribution in [0.15, 0.2) is 18.2 Å². The quantitative estimate of drug-likeness (QED) is 0.614. The van der Waals surface area contributed by atoms with Gasteiger partial charge in [0.25, 0.3) is 0 Å². The molecule has 0 heterocycles.